The molecule has 1 aromatic carbocycles. The summed E-state index contributed by atoms with van der Waals surface area (Å²) >= 11 is 0. The zero-order valence-electron chi connectivity index (χ0n) is 12.2. The van der Waals surface area contributed by atoms with E-state index in [1.54, 1.807) is 0 Å². The summed E-state index contributed by atoms with van der Waals surface area (Å²) < 4.78 is 0. The molecule has 3 aromatic rings. The molecule has 2 aromatic heterocycles. The van der Waals surface area contributed by atoms with Crippen LogP contribution in [0.4, 0.5) is 0 Å². The summed E-state index contributed by atoms with van der Waals surface area (Å²) in [6.07, 6.45) is 8.62. The van der Waals surface area contributed by atoms with Crippen LogP contribution in [0.2, 0.25) is 0 Å². The molecule has 0 aliphatic heterocycles. The maximum absolute atomic E-state index is 4.27. The molecule has 0 spiro atoms. The number of nitrogens with zero attached hydrogens (tertiary/aromatic N) is 2. The first-order valence-electron chi connectivity index (χ1n) is 7.36. The fraction of sp³-hybridized carbons (Fsp3) is 0.222. The number of nitrogens with one attached hydrogen (secondary N) is 1. The first kappa shape index (κ1) is 13.7. The van der Waals surface area contributed by atoms with Crippen molar-refractivity contribution in [1.82, 2.24) is 15.3 Å². The zero-order valence-corrected chi connectivity index (χ0v) is 12.2. The summed E-state index contributed by atoms with van der Waals surface area (Å²) in [7, 11) is 0. The van der Waals surface area contributed by atoms with E-state index in [1.807, 2.05) is 30.9 Å². The SMILES string of the molecule is CCCNC(c1cccnc1)c1cccc2cnccc12. The van der Waals surface area contributed by atoms with Gasteiger partial charge in [-0.3, -0.25) is 9.97 Å². The molecule has 1 unspecified atom stereocenters. The van der Waals surface area contributed by atoms with E-state index < -0.39 is 0 Å². The molecule has 0 amide bonds. The monoisotopic (exact) mass is 277 g/mol. The molecule has 0 bridgehead atoms. The molecular weight excluding hydrogens is 258 g/mol. The van der Waals surface area contributed by atoms with Gasteiger partial charge in [-0.15, -0.1) is 0 Å². The normalized spacial score (nSPS) is 12.4. The molecule has 3 rings (SSSR count). The lowest BCUT2D eigenvalue weighted by Crippen LogP contribution is -2.23. The van der Waals surface area contributed by atoms with Gasteiger partial charge in [-0.1, -0.05) is 31.2 Å². The van der Waals surface area contributed by atoms with E-state index in [1.165, 1.54) is 21.9 Å². The van der Waals surface area contributed by atoms with Crippen LogP contribution in [0.1, 0.15) is 30.5 Å². The first-order valence-corrected chi connectivity index (χ1v) is 7.36. The summed E-state index contributed by atoms with van der Waals surface area (Å²) in [5, 5.41) is 6.04. The van der Waals surface area contributed by atoms with E-state index in [2.05, 4.69) is 52.5 Å². The summed E-state index contributed by atoms with van der Waals surface area (Å²) in [4.78, 5) is 8.48. The Morgan fingerprint density at radius 3 is 2.71 bits per heavy atom. The summed E-state index contributed by atoms with van der Waals surface area (Å²) in [6.45, 7) is 3.15. The van der Waals surface area contributed by atoms with Crippen LogP contribution in [-0.4, -0.2) is 16.5 Å². The third-order valence-electron chi connectivity index (χ3n) is 3.64. The second-order valence-corrected chi connectivity index (χ2v) is 5.12. The highest BCUT2D eigenvalue weighted by atomic mass is 14.9. The molecule has 106 valence electrons. The number of rotatable bonds is 5. The molecule has 1 N–H and O–H groups in total. The highest BCUT2D eigenvalue weighted by molar-refractivity contribution is 5.85. The van der Waals surface area contributed by atoms with E-state index in [0.717, 1.165) is 13.0 Å². The fourth-order valence-corrected chi connectivity index (χ4v) is 2.64. The Morgan fingerprint density at radius 1 is 1.00 bits per heavy atom. The summed E-state index contributed by atoms with van der Waals surface area (Å²) in [5.41, 5.74) is 2.46. The lowest BCUT2D eigenvalue weighted by atomic mass is 9.95. The quantitative estimate of drug-likeness (QED) is 0.772. The van der Waals surface area contributed by atoms with Crippen LogP contribution < -0.4 is 5.32 Å². The molecule has 0 fully saturated rings. The van der Waals surface area contributed by atoms with Gasteiger partial charge in [0.25, 0.3) is 0 Å². The Labute approximate surface area is 125 Å². The predicted octanol–water partition coefficient (Wildman–Crippen LogP) is 3.72. The Kier molecular flexibility index (Phi) is 4.22. The van der Waals surface area contributed by atoms with Gasteiger partial charge in [-0.05, 0) is 41.6 Å². The molecule has 2 heterocycles. The van der Waals surface area contributed by atoms with Crippen molar-refractivity contribution in [3.63, 3.8) is 0 Å². The van der Waals surface area contributed by atoms with Gasteiger partial charge in [0.1, 0.15) is 0 Å². The van der Waals surface area contributed by atoms with E-state index in [0.29, 0.717) is 0 Å². The van der Waals surface area contributed by atoms with Crippen LogP contribution in [0.25, 0.3) is 10.8 Å². The predicted molar refractivity (Wildman–Crippen MR) is 86.1 cm³/mol. The van der Waals surface area contributed by atoms with Crippen molar-refractivity contribution in [2.45, 2.75) is 19.4 Å². The number of fused-ring (bicyclic) bond motifs is 1. The maximum Gasteiger partial charge on any atom is 0.0598 e. The topological polar surface area (TPSA) is 37.8 Å². The van der Waals surface area contributed by atoms with Gasteiger partial charge in [-0.25, -0.2) is 0 Å². The molecule has 0 aliphatic carbocycles. The molecule has 0 saturated carbocycles. The lowest BCUT2D eigenvalue weighted by molar-refractivity contribution is 0.600. The minimum absolute atomic E-state index is 0.157. The van der Waals surface area contributed by atoms with Crippen LogP contribution in [0.15, 0.2) is 61.2 Å². The summed E-state index contributed by atoms with van der Waals surface area (Å²) in [6, 6.07) is 12.7. The van der Waals surface area contributed by atoms with Crippen molar-refractivity contribution in [2.75, 3.05) is 6.54 Å². The van der Waals surface area contributed by atoms with Crippen LogP contribution in [0, 0.1) is 0 Å². The van der Waals surface area contributed by atoms with Gasteiger partial charge in [0.2, 0.25) is 0 Å². The van der Waals surface area contributed by atoms with Gasteiger partial charge in [0.15, 0.2) is 0 Å². The number of benzene rings is 1. The number of hydrogen-bond acceptors (Lipinski definition) is 3. The number of pyridine rings is 2. The molecule has 1 atom stereocenters. The van der Waals surface area contributed by atoms with Gasteiger partial charge in [0.05, 0.1) is 6.04 Å². The Hall–Kier alpha value is -2.26. The molecule has 3 nitrogen and oxygen atoms in total. The van der Waals surface area contributed by atoms with E-state index in [4.69, 9.17) is 0 Å². The van der Waals surface area contributed by atoms with Crippen LogP contribution >= 0.6 is 0 Å². The largest absolute Gasteiger partial charge is 0.306 e. The van der Waals surface area contributed by atoms with E-state index in [9.17, 15) is 0 Å². The maximum atomic E-state index is 4.27. The van der Waals surface area contributed by atoms with Gasteiger partial charge >= 0.3 is 0 Å². The molecule has 0 saturated heterocycles. The van der Waals surface area contributed by atoms with Crippen molar-refractivity contribution in [2.24, 2.45) is 0 Å². The van der Waals surface area contributed by atoms with Gasteiger partial charge in [0, 0.05) is 30.2 Å². The van der Waals surface area contributed by atoms with E-state index in [-0.39, 0.29) is 6.04 Å². The van der Waals surface area contributed by atoms with Crippen molar-refractivity contribution in [3.8, 4) is 0 Å². The van der Waals surface area contributed by atoms with E-state index >= 15 is 0 Å². The number of hydrogen-bond donors (Lipinski definition) is 1. The first-order chi connectivity index (χ1) is 10.4. The number of aromatic nitrogens is 2. The van der Waals surface area contributed by atoms with Crippen LogP contribution in [0.3, 0.4) is 0 Å². The molecule has 0 aliphatic rings. The molecular formula is C18H19N3. The van der Waals surface area contributed by atoms with Gasteiger partial charge < -0.3 is 5.32 Å². The second-order valence-electron chi connectivity index (χ2n) is 5.12. The Balaban J connectivity index is 2.10. The molecule has 3 heteroatoms. The molecule has 0 radical (unpaired) electrons. The second kappa shape index (κ2) is 6.46. The van der Waals surface area contributed by atoms with Crippen LogP contribution in [0.5, 0.6) is 0 Å². The Bertz CT molecular complexity index is 704. The van der Waals surface area contributed by atoms with Crippen molar-refractivity contribution in [3.05, 3.63) is 72.3 Å². The third kappa shape index (κ3) is 2.93. The average Bonchev–Trinajstić information content (AvgIpc) is 2.56. The van der Waals surface area contributed by atoms with Gasteiger partial charge in [-0.2, -0.15) is 0 Å². The third-order valence-corrected chi connectivity index (χ3v) is 3.64. The minimum atomic E-state index is 0.157. The average molecular weight is 277 g/mol. The van der Waals surface area contributed by atoms with Crippen molar-refractivity contribution in [1.29, 1.82) is 0 Å². The van der Waals surface area contributed by atoms with Crippen LogP contribution in [-0.2, 0) is 0 Å². The van der Waals surface area contributed by atoms with Crippen molar-refractivity contribution >= 4 is 10.8 Å². The Morgan fingerprint density at radius 2 is 1.90 bits per heavy atom. The smallest absolute Gasteiger partial charge is 0.0598 e. The highest BCUT2D eigenvalue weighted by Crippen LogP contribution is 2.28. The summed E-state index contributed by atoms with van der Waals surface area (Å²) in [5.74, 6) is 0. The standard InChI is InChI=1S/C18H19N3/c1-2-9-21-18(15-6-4-10-19-13-15)17-7-3-5-14-12-20-11-8-16(14)17/h3-8,10-13,18,21H,2,9H2,1H3. The fourth-order valence-electron chi connectivity index (χ4n) is 2.64. The molecule has 21 heavy (non-hydrogen) atoms. The highest BCUT2D eigenvalue weighted by Gasteiger charge is 2.15. The zero-order chi connectivity index (χ0) is 14.5. The lowest BCUT2D eigenvalue weighted by Gasteiger charge is -2.21. The minimum Gasteiger partial charge on any atom is -0.306 e. The van der Waals surface area contributed by atoms with Crippen molar-refractivity contribution < 1.29 is 0 Å².